The van der Waals surface area contributed by atoms with Crippen molar-refractivity contribution in [1.82, 2.24) is 0 Å². The largest absolute Gasteiger partial charge is 0.469 e. The number of carbonyl (C=O) groups is 2. The highest BCUT2D eigenvalue weighted by Crippen LogP contribution is 2.38. The molecule has 0 amide bonds. The van der Waals surface area contributed by atoms with Gasteiger partial charge in [0.05, 0.1) is 13.5 Å². The molecule has 0 unspecified atom stereocenters. The Morgan fingerprint density at radius 3 is 2.58 bits per heavy atom. The molecular formula is C16H20O3. The van der Waals surface area contributed by atoms with Crippen LogP contribution in [0.2, 0.25) is 0 Å². The fraction of sp³-hybridized carbons (Fsp3) is 0.500. The summed E-state index contributed by atoms with van der Waals surface area (Å²) < 4.78 is 4.55. The summed E-state index contributed by atoms with van der Waals surface area (Å²) in [6.45, 7) is 0. The van der Waals surface area contributed by atoms with Crippen LogP contribution in [0.1, 0.15) is 49.1 Å². The van der Waals surface area contributed by atoms with Crippen molar-refractivity contribution in [2.45, 2.75) is 44.4 Å². The summed E-state index contributed by atoms with van der Waals surface area (Å²) in [6, 6.07) is 8.18. The van der Waals surface area contributed by atoms with Crippen LogP contribution in [0.3, 0.4) is 0 Å². The molecular weight excluding hydrogens is 240 g/mol. The molecule has 102 valence electrons. The van der Waals surface area contributed by atoms with Gasteiger partial charge in [-0.1, -0.05) is 30.7 Å². The van der Waals surface area contributed by atoms with E-state index in [1.807, 2.05) is 18.2 Å². The average molecular weight is 260 g/mol. The van der Waals surface area contributed by atoms with E-state index in [0.29, 0.717) is 12.3 Å². The highest BCUT2D eigenvalue weighted by Gasteiger charge is 2.22. The van der Waals surface area contributed by atoms with E-state index in [1.54, 1.807) is 0 Å². The molecule has 0 heterocycles. The fourth-order valence-electron chi connectivity index (χ4n) is 2.46. The third-order valence-corrected chi connectivity index (χ3v) is 3.82. The first-order valence-electron chi connectivity index (χ1n) is 6.87. The number of rotatable bonds is 6. The highest BCUT2D eigenvalue weighted by atomic mass is 16.5. The molecule has 3 nitrogen and oxygen atoms in total. The van der Waals surface area contributed by atoms with Crippen molar-refractivity contribution in [3.63, 3.8) is 0 Å². The summed E-state index contributed by atoms with van der Waals surface area (Å²) in [4.78, 5) is 22.9. The minimum atomic E-state index is -0.319. The Bertz CT molecular complexity index is 461. The second-order valence-corrected chi connectivity index (χ2v) is 5.12. The smallest absolute Gasteiger partial charge is 0.305 e. The summed E-state index contributed by atoms with van der Waals surface area (Å²) in [7, 11) is 1.35. The van der Waals surface area contributed by atoms with Crippen LogP contribution in [0.5, 0.6) is 0 Å². The van der Waals surface area contributed by atoms with Gasteiger partial charge in [0, 0.05) is 12.8 Å². The molecule has 19 heavy (non-hydrogen) atoms. The Hall–Kier alpha value is -1.64. The molecule has 1 aromatic rings. The van der Waals surface area contributed by atoms with E-state index in [1.165, 1.54) is 31.9 Å². The molecule has 1 saturated carbocycles. The van der Waals surface area contributed by atoms with Gasteiger partial charge in [-0.3, -0.25) is 9.59 Å². The van der Waals surface area contributed by atoms with Crippen LogP contribution < -0.4 is 0 Å². The maximum absolute atomic E-state index is 11.9. The van der Waals surface area contributed by atoms with Gasteiger partial charge >= 0.3 is 5.97 Å². The minimum absolute atomic E-state index is 0.108. The Labute approximate surface area is 114 Å². The van der Waals surface area contributed by atoms with Gasteiger partial charge in [0.25, 0.3) is 0 Å². The van der Waals surface area contributed by atoms with Crippen molar-refractivity contribution in [1.29, 1.82) is 0 Å². The second kappa shape index (κ2) is 6.50. The van der Waals surface area contributed by atoms with E-state index in [-0.39, 0.29) is 24.6 Å². The Morgan fingerprint density at radius 2 is 1.95 bits per heavy atom. The van der Waals surface area contributed by atoms with Crippen LogP contribution in [0.15, 0.2) is 24.3 Å². The Morgan fingerprint density at radius 1 is 1.21 bits per heavy atom. The van der Waals surface area contributed by atoms with E-state index >= 15 is 0 Å². The maximum atomic E-state index is 11.9. The first-order chi connectivity index (χ1) is 9.20. The summed E-state index contributed by atoms with van der Waals surface area (Å²) in [5, 5.41) is 0. The van der Waals surface area contributed by atoms with Crippen molar-refractivity contribution in [2.24, 2.45) is 0 Å². The number of hydrogen-bond donors (Lipinski definition) is 0. The van der Waals surface area contributed by atoms with E-state index < -0.39 is 0 Å². The van der Waals surface area contributed by atoms with Crippen LogP contribution in [0, 0.1) is 0 Å². The maximum Gasteiger partial charge on any atom is 0.305 e. The number of ketones is 1. The number of Topliss-reactive ketones (excluding diaryl/α,β-unsaturated/α-hetero) is 1. The van der Waals surface area contributed by atoms with Gasteiger partial charge in [-0.2, -0.15) is 0 Å². The molecule has 1 aliphatic rings. The molecule has 0 bridgehead atoms. The lowest BCUT2D eigenvalue weighted by atomic mass is 9.77. The predicted octanol–water partition coefficient (Wildman–Crippen LogP) is 3.02. The van der Waals surface area contributed by atoms with Crippen LogP contribution >= 0.6 is 0 Å². The molecule has 0 atom stereocenters. The molecule has 0 aliphatic heterocycles. The van der Waals surface area contributed by atoms with E-state index in [9.17, 15) is 9.59 Å². The van der Waals surface area contributed by atoms with E-state index in [0.717, 1.165) is 5.56 Å². The SMILES string of the molecule is COC(=O)CCC(=O)Cc1ccccc1C1CCC1. The van der Waals surface area contributed by atoms with Gasteiger partial charge in [-0.25, -0.2) is 0 Å². The number of ether oxygens (including phenoxy) is 1. The minimum Gasteiger partial charge on any atom is -0.469 e. The van der Waals surface area contributed by atoms with Gasteiger partial charge in [0.1, 0.15) is 5.78 Å². The van der Waals surface area contributed by atoms with Crippen molar-refractivity contribution >= 4 is 11.8 Å². The van der Waals surface area contributed by atoms with E-state index in [2.05, 4.69) is 10.8 Å². The third kappa shape index (κ3) is 3.66. The number of benzene rings is 1. The number of hydrogen-bond acceptors (Lipinski definition) is 3. The molecule has 0 aromatic heterocycles. The standard InChI is InChI=1S/C16H20O3/c1-19-16(18)10-9-14(17)11-13-5-2-3-8-15(13)12-6-4-7-12/h2-3,5,8,12H,4,6-7,9-11H2,1H3. The van der Waals surface area contributed by atoms with Crippen molar-refractivity contribution in [3.05, 3.63) is 35.4 Å². The van der Waals surface area contributed by atoms with Gasteiger partial charge < -0.3 is 4.74 Å². The fourth-order valence-corrected chi connectivity index (χ4v) is 2.46. The lowest BCUT2D eigenvalue weighted by Crippen LogP contribution is -2.14. The van der Waals surface area contributed by atoms with Gasteiger partial charge in [0.2, 0.25) is 0 Å². The Kier molecular flexibility index (Phi) is 4.72. The van der Waals surface area contributed by atoms with Crippen molar-refractivity contribution in [3.8, 4) is 0 Å². The summed E-state index contributed by atoms with van der Waals surface area (Å²) in [5.41, 5.74) is 2.45. The lowest BCUT2D eigenvalue weighted by Gasteiger charge is -2.27. The normalized spacial score (nSPS) is 14.8. The molecule has 1 aromatic carbocycles. The molecule has 0 spiro atoms. The molecule has 1 aliphatic carbocycles. The molecule has 1 fully saturated rings. The van der Waals surface area contributed by atoms with Gasteiger partial charge in [-0.15, -0.1) is 0 Å². The first-order valence-corrected chi connectivity index (χ1v) is 6.87. The third-order valence-electron chi connectivity index (χ3n) is 3.82. The average Bonchev–Trinajstić information content (AvgIpc) is 2.36. The first kappa shape index (κ1) is 13.8. The molecule has 0 radical (unpaired) electrons. The second-order valence-electron chi connectivity index (χ2n) is 5.12. The molecule has 2 rings (SSSR count). The van der Waals surface area contributed by atoms with Gasteiger partial charge in [0.15, 0.2) is 0 Å². The van der Waals surface area contributed by atoms with Crippen LogP contribution in [0.25, 0.3) is 0 Å². The zero-order valence-electron chi connectivity index (χ0n) is 11.4. The van der Waals surface area contributed by atoms with Crippen molar-refractivity contribution in [2.75, 3.05) is 7.11 Å². The zero-order valence-corrected chi connectivity index (χ0v) is 11.4. The number of carbonyl (C=O) groups excluding carboxylic acids is 2. The predicted molar refractivity (Wildman–Crippen MR) is 73.0 cm³/mol. The van der Waals surface area contributed by atoms with Gasteiger partial charge in [-0.05, 0) is 29.9 Å². The molecule has 3 heteroatoms. The van der Waals surface area contributed by atoms with Crippen LogP contribution in [-0.2, 0) is 20.7 Å². The molecule has 0 saturated heterocycles. The van der Waals surface area contributed by atoms with E-state index in [4.69, 9.17) is 0 Å². The van der Waals surface area contributed by atoms with Crippen LogP contribution in [0.4, 0.5) is 0 Å². The number of esters is 1. The topological polar surface area (TPSA) is 43.4 Å². The van der Waals surface area contributed by atoms with Crippen molar-refractivity contribution < 1.29 is 14.3 Å². The quantitative estimate of drug-likeness (QED) is 0.738. The molecule has 0 N–H and O–H groups in total. The zero-order chi connectivity index (χ0) is 13.7. The lowest BCUT2D eigenvalue weighted by molar-refractivity contribution is -0.141. The summed E-state index contributed by atoms with van der Waals surface area (Å²) in [5.74, 6) is 0.419. The Balaban J connectivity index is 1.94. The van der Waals surface area contributed by atoms with Crippen LogP contribution in [-0.4, -0.2) is 18.9 Å². The summed E-state index contributed by atoms with van der Waals surface area (Å²) >= 11 is 0. The summed E-state index contributed by atoms with van der Waals surface area (Å²) in [6.07, 6.45) is 4.63. The highest BCUT2D eigenvalue weighted by molar-refractivity contribution is 5.84. The monoisotopic (exact) mass is 260 g/mol. The number of methoxy groups -OCH3 is 1.